The molecule has 11 heavy (non-hydrogen) atoms. The molecule has 0 aromatic heterocycles. The minimum absolute atomic E-state index is 0.245. The van der Waals surface area contributed by atoms with Crippen molar-refractivity contribution >= 4 is 0 Å². The molecule has 6 heteroatoms. The average Bonchev–Trinajstić information content (AvgIpc) is 2.17. The second-order valence-corrected chi connectivity index (χ2v) is 2.73. The molecule has 0 saturated carbocycles. The third-order valence-corrected chi connectivity index (χ3v) is 2.11. The number of hydroxylamine groups is 2. The van der Waals surface area contributed by atoms with Crippen molar-refractivity contribution in [1.82, 2.24) is 5.28 Å². The summed E-state index contributed by atoms with van der Waals surface area (Å²) in [6.45, 7) is 3.45. The van der Waals surface area contributed by atoms with Crippen LogP contribution in [0.15, 0.2) is 0 Å². The summed E-state index contributed by atoms with van der Waals surface area (Å²) in [7, 11) is 1.32. The van der Waals surface area contributed by atoms with Gasteiger partial charge in [0.15, 0.2) is 12.1 Å². The first-order chi connectivity index (χ1) is 5.09. The minimum Gasteiger partial charge on any atom is -0.607 e. The van der Waals surface area contributed by atoms with Crippen LogP contribution in [0.2, 0.25) is 0 Å². The summed E-state index contributed by atoms with van der Waals surface area (Å²) in [5, 5.41) is 22.6. The van der Waals surface area contributed by atoms with Gasteiger partial charge >= 0.3 is 0 Å². The van der Waals surface area contributed by atoms with Crippen molar-refractivity contribution in [2.24, 2.45) is 0 Å². The lowest BCUT2D eigenvalue weighted by molar-refractivity contribution is -1.21. The number of hydrogen-bond donors (Lipinski definition) is 2. The molecule has 0 spiro atoms. The molecule has 1 saturated heterocycles. The molecule has 0 aromatic rings. The van der Waals surface area contributed by atoms with Crippen LogP contribution in [0, 0.1) is 10.4 Å². The van der Waals surface area contributed by atoms with E-state index in [4.69, 9.17) is 0 Å². The molecule has 0 aromatic carbocycles. The van der Waals surface area contributed by atoms with Crippen LogP contribution in [-0.4, -0.2) is 24.5 Å². The third-order valence-electron chi connectivity index (χ3n) is 2.11. The summed E-state index contributed by atoms with van der Waals surface area (Å²) in [6, 6.07) is -0.495. The van der Waals surface area contributed by atoms with E-state index in [1.807, 2.05) is 0 Å². The molecule has 0 amide bonds. The smallest absolute Gasteiger partial charge is 0.162 e. The molecule has 6 nitrogen and oxygen atoms in total. The Morgan fingerprint density at radius 2 is 1.55 bits per heavy atom. The molecule has 0 aliphatic carbocycles. The van der Waals surface area contributed by atoms with Gasteiger partial charge in [0.2, 0.25) is 0 Å². The van der Waals surface area contributed by atoms with E-state index in [9.17, 15) is 10.4 Å². The number of quaternary nitrogens is 2. The standard InChI is InChI=1S/C5H13N3O3/c1-4-5(2)7(10)8(11-3)6(4)9/h4-7H,1-3H3. The Kier molecular flexibility index (Phi) is 2.43. The molecular formula is C5H13N3O3. The molecular weight excluding hydrogens is 150 g/mol. The summed E-state index contributed by atoms with van der Waals surface area (Å²) in [5.41, 5.74) is 0. The number of rotatable bonds is 1. The Morgan fingerprint density at radius 1 is 1.18 bits per heavy atom. The predicted molar refractivity (Wildman–Crippen MR) is 36.4 cm³/mol. The average molecular weight is 163 g/mol. The molecule has 1 aliphatic rings. The van der Waals surface area contributed by atoms with Gasteiger partial charge in [0.1, 0.15) is 5.28 Å². The van der Waals surface area contributed by atoms with Crippen LogP contribution in [0.5, 0.6) is 0 Å². The molecule has 1 aliphatic heterocycles. The van der Waals surface area contributed by atoms with Crippen LogP contribution in [-0.2, 0) is 4.84 Å². The first kappa shape index (κ1) is 8.85. The molecule has 4 atom stereocenters. The van der Waals surface area contributed by atoms with Gasteiger partial charge in [0.25, 0.3) is 0 Å². The van der Waals surface area contributed by atoms with Crippen molar-refractivity contribution in [2.45, 2.75) is 25.9 Å². The van der Waals surface area contributed by atoms with Crippen molar-refractivity contribution in [3.8, 4) is 0 Å². The Morgan fingerprint density at radius 3 is 1.73 bits per heavy atom. The second-order valence-electron chi connectivity index (χ2n) is 2.73. The van der Waals surface area contributed by atoms with E-state index in [1.54, 1.807) is 13.8 Å². The molecule has 1 heterocycles. The number of hydrogen-bond acceptors (Lipinski definition) is 4. The fourth-order valence-electron chi connectivity index (χ4n) is 1.09. The molecule has 0 bridgehead atoms. The number of nitrogens with one attached hydrogen (secondary N) is 2. The Hall–Kier alpha value is -0.240. The Bertz CT molecular complexity index is 131. The number of nitrogens with zero attached hydrogens (tertiary/aromatic N) is 1. The molecule has 1 rings (SSSR count). The largest absolute Gasteiger partial charge is 0.607 e. The van der Waals surface area contributed by atoms with E-state index in [1.165, 1.54) is 7.11 Å². The molecule has 66 valence electrons. The lowest BCUT2D eigenvalue weighted by Gasteiger charge is -2.26. The zero-order valence-electron chi connectivity index (χ0n) is 6.83. The van der Waals surface area contributed by atoms with Gasteiger partial charge in [-0.2, -0.15) is 0 Å². The van der Waals surface area contributed by atoms with Crippen molar-refractivity contribution in [1.29, 1.82) is 0 Å². The van der Waals surface area contributed by atoms with Crippen LogP contribution < -0.4 is 10.3 Å². The van der Waals surface area contributed by atoms with Gasteiger partial charge < -0.3 is 10.4 Å². The molecule has 1 fully saturated rings. The Labute approximate surface area is 65.0 Å². The van der Waals surface area contributed by atoms with Gasteiger partial charge in [-0.05, 0) is 13.8 Å². The highest BCUT2D eigenvalue weighted by molar-refractivity contribution is 4.57. The molecule has 4 unspecified atom stereocenters. The monoisotopic (exact) mass is 163 g/mol. The summed E-state index contributed by atoms with van der Waals surface area (Å²) in [4.78, 5) is 4.61. The maximum atomic E-state index is 11.1. The van der Waals surface area contributed by atoms with E-state index in [-0.39, 0.29) is 22.4 Å². The highest BCUT2D eigenvalue weighted by atomic mass is 16.9. The van der Waals surface area contributed by atoms with Gasteiger partial charge in [-0.15, -0.1) is 0 Å². The first-order valence-corrected chi connectivity index (χ1v) is 3.51. The van der Waals surface area contributed by atoms with Crippen LogP contribution in [0.25, 0.3) is 0 Å². The minimum atomic E-state index is -0.248. The summed E-state index contributed by atoms with van der Waals surface area (Å²) < 4.78 is 0. The van der Waals surface area contributed by atoms with Gasteiger partial charge in [-0.25, -0.2) is 15.2 Å². The second kappa shape index (κ2) is 3.02. The van der Waals surface area contributed by atoms with Crippen LogP contribution in [0.1, 0.15) is 13.8 Å². The van der Waals surface area contributed by atoms with E-state index < -0.39 is 0 Å². The first-order valence-electron chi connectivity index (χ1n) is 3.51. The van der Waals surface area contributed by atoms with Crippen molar-refractivity contribution in [3.63, 3.8) is 0 Å². The van der Waals surface area contributed by atoms with Gasteiger partial charge in [0, 0.05) is 0 Å². The van der Waals surface area contributed by atoms with Crippen molar-refractivity contribution in [3.05, 3.63) is 10.4 Å². The topological polar surface area (TPSA) is 67.5 Å². The maximum Gasteiger partial charge on any atom is 0.162 e. The normalized spacial score (nSPS) is 46.6. The van der Waals surface area contributed by atoms with E-state index >= 15 is 0 Å². The quantitative estimate of drug-likeness (QED) is 0.411. The van der Waals surface area contributed by atoms with Gasteiger partial charge in [0.05, 0.1) is 7.11 Å². The van der Waals surface area contributed by atoms with E-state index in [0.29, 0.717) is 0 Å². The fraction of sp³-hybridized carbons (Fsp3) is 1.00. The lowest BCUT2D eigenvalue weighted by Crippen LogP contribution is -3.28. The highest BCUT2D eigenvalue weighted by Gasteiger charge is 2.42. The Balaban J connectivity index is 2.69. The SMILES string of the molecule is CON1[NH+]([O-])C(C)C(C)[NH+]1[O-]. The van der Waals surface area contributed by atoms with Crippen LogP contribution in [0.4, 0.5) is 0 Å². The van der Waals surface area contributed by atoms with Crippen molar-refractivity contribution in [2.75, 3.05) is 7.11 Å². The maximum absolute atomic E-state index is 11.1. The van der Waals surface area contributed by atoms with Crippen molar-refractivity contribution < 1.29 is 15.2 Å². The zero-order valence-corrected chi connectivity index (χ0v) is 6.83. The summed E-state index contributed by atoms with van der Waals surface area (Å²) in [5.74, 6) is 0. The highest BCUT2D eigenvalue weighted by Crippen LogP contribution is 1.89. The summed E-state index contributed by atoms with van der Waals surface area (Å²) in [6.07, 6.45) is 0. The van der Waals surface area contributed by atoms with E-state index in [2.05, 4.69) is 4.84 Å². The lowest BCUT2D eigenvalue weighted by atomic mass is 10.2. The fourth-order valence-corrected chi connectivity index (χ4v) is 1.09. The van der Waals surface area contributed by atoms with Gasteiger partial charge in [-0.1, -0.05) is 0 Å². The zero-order chi connectivity index (χ0) is 8.59. The van der Waals surface area contributed by atoms with Crippen LogP contribution in [0.3, 0.4) is 0 Å². The van der Waals surface area contributed by atoms with Crippen LogP contribution >= 0.6 is 0 Å². The molecule has 0 radical (unpaired) electrons. The van der Waals surface area contributed by atoms with E-state index in [0.717, 1.165) is 5.28 Å². The summed E-state index contributed by atoms with van der Waals surface area (Å²) >= 11 is 0. The predicted octanol–water partition coefficient (Wildman–Crippen LogP) is -2.76. The van der Waals surface area contributed by atoms with Gasteiger partial charge in [-0.3, -0.25) is 0 Å². The third kappa shape index (κ3) is 1.24. The molecule has 2 N–H and O–H groups in total.